The third kappa shape index (κ3) is 2.68. The predicted molar refractivity (Wildman–Crippen MR) is 70.1 cm³/mol. The number of nitrogens with one attached hydrogen (secondary N) is 1. The van der Waals surface area contributed by atoms with Gasteiger partial charge >= 0.3 is 11.7 Å². The van der Waals surface area contributed by atoms with E-state index in [9.17, 15) is 9.59 Å². The van der Waals surface area contributed by atoms with Gasteiger partial charge in [0.25, 0.3) is 0 Å². The molecule has 0 fully saturated rings. The van der Waals surface area contributed by atoms with Gasteiger partial charge < -0.3 is 14.5 Å². The Morgan fingerprint density at radius 1 is 1.37 bits per heavy atom. The molecule has 1 aromatic carbocycles. The monoisotopic (exact) mass is 264 g/mol. The van der Waals surface area contributed by atoms with Crippen molar-refractivity contribution in [2.45, 2.75) is 12.5 Å². The molecule has 19 heavy (non-hydrogen) atoms. The molecule has 1 N–H and O–H groups in total. The van der Waals surface area contributed by atoms with Gasteiger partial charge in [0.1, 0.15) is 0 Å². The maximum atomic E-state index is 12.0. The van der Waals surface area contributed by atoms with Gasteiger partial charge in [0.15, 0.2) is 0 Å². The first-order valence-electron chi connectivity index (χ1n) is 5.92. The minimum Gasteiger partial charge on any atom is -0.469 e. The summed E-state index contributed by atoms with van der Waals surface area (Å²) in [5.74, 6) is -0.376. The molecule has 0 saturated carbocycles. The summed E-state index contributed by atoms with van der Waals surface area (Å²) in [7, 11) is 2.86. The van der Waals surface area contributed by atoms with E-state index in [1.807, 2.05) is 24.3 Å². The Labute approximate surface area is 109 Å². The smallest absolute Gasteiger partial charge is 0.326 e. The van der Waals surface area contributed by atoms with Crippen LogP contribution in [0.5, 0.6) is 0 Å². The van der Waals surface area contributed by atoms with Crippen molar-refractivity contribution in [1.82, 2.24) is 9.55 Å². The van der Waals surface area contributed by atoms with E-state index in [0.29, 0.717) is 0 Å². The van der Waals surface area contributed by atoms with Crippen LogP contribution >= 0.6 is 0 Å². The van der Waals surface area contributed by atoms with Gasteiger partial charge in [-0.05, 0) is 12.1 Å². The number of esters is 1. The molecule has 0 aliphatic heterocycles. The van der Waals surface area contributed by atoms with Gasteiger partial charge in [-0.2, -0.15) is 0 Å². The number of carbonyl (C=O) groups is 1. The van der Waals surface area contributed by atoms with Crippen LogP contribution in [0.1, 0.15) is 12.5 Å². The Kier molecular flexibility index (Phi) is 4.01. The second kappa shape index (κ2) is 5.71. The molecule has 1 aromatic heterocycles. The highest BCUT2D eigenvalue weighted by Crippen LogP contribution is 2.18. The molecule has 0 bridgehead atoms. The Balaban J connectivity index is 2.46. The van der Waals surface area contributed by atoms with Crippen molar-refractivity contribution in [2.24, 2.45) is 0 Å². The fourth-order valence-electron chi connectivity index (χ4n) is 2.13. The lowest BCUT2D eigenvalue weighted by molar-refractivity contribution is -0.141. The van der Waals surface area contributed by atoms with E-state index >= 15 is 0 Å². The molecule has 2 rings (SSSR count). The van der Waals surface area contributed by atoms with Gasteiger partial charge in [-0.3, -0.25) is 9.36 Å². The lowest BCUT2D eigenvalue weighted by Crippen LogP contribution is -2.27. The lowest BCUT2D eigenvalue weighted by Gasteiger charge is -2.16. The number of methoxy groups -OCH3 is 2. The van der Waals surface area contributed by atoms with Crippen LogP contribution in [0.2, 0.25) is 0 Å². The van der Waals surface area contributed by atoms with Crippen LogP contribution in [0.3, 0.4) is 0 Å². The van der Waals surface area contributed by atoms with Crippen molar-refractivity contribution in [3.8, 4) is 0 Å². The zero-order chi connectivity index (χ0) is 13.8. The molecule has 6 nitrogen and oxygen atoms in total. The van der Waals surface area contributed by atoms with E-state index in [0.717, 1.165) is 11.0 Å². The molecular formula is C13H16N2O4. The summed E-state index contributed by atoms with van der Waals surface area (Å²) in [5, 5.41) is 0. The average molecular weight is 264 g/mol. The second-order valence-electron chi connectivity index (χ2n) is 4.21. The fourth-order valence-corrected chi connectivity index (χ4v) is 2.13. The number of fused-ring (bicyclic) bond motifs is 1. The highest BCUT2D eigenvalue weighted by molar-refractivity contribution is 5.76. The standard InChI is InChI=1S/C13H16N2O4/c1-18-8-9(7-12(16)19-2)15-11-6-4-3-5-10(11)14-13(15)17/h3-6,9H,7-8H2,1-2H3,(H,14,17). The molecule has 1 heterocycles. The molecule has 2 aromatic rings. The number of hydrogen-bond acceptors (Lipinski definition) is 4. The van der Waals surface area contributed by atoms with Gasteiger partial charge in [-0.25, -0.2) is 4.79 Å². The first-order valence-corrected chi connectivity index (χ1v) is 5.92. The Hall–Kier alpha value is -2.08. The van der Waals surface area contributed by atoms with E-state index in [-0.39, 0.29) is 30.7 Å². The number of H-pyrrole nitrogens is 1. The van der Waals surface area contributed by atoms with Crippen LogP contribution in [0.15, 0.2) is 29.1 Å². The van der Waals surface area contributed by atoms with Crippen LogP contribution in [0, 0.1) is 0 Å². The lowest BCUT2D eigenvalue weighted by atomic mass is 10.2. The highest BCUT2D eigenvalue weighted by Gasteiger charge is 2.20. The number of rotatable bonds is 5. The van der Waals surface area contributed by atoms with Crippen molar-refractivity contribution in [3.63, 3.8) is 0 Å². The van der Waals surface area contributed by atoms with Crippen molar-refractivity contribution in [3.05, 3.63) is 34.7 Å². The second-order valence-corrected chi connectivity index (χ2v) is 4.21. The van der Waals surface area contributed by atoms with E-state index in [1.165, 1.54) is 18.8 Å². The third-order valence-corrected chi connectivity index (χ3v) is 2.98. The van der Waals surface area contributed by atoms with E-state index in [1.54, 1.807) is 0 Å². The third-order valence-electron chi connectivity index (χ3n) is 2.98. The number of hydrogen-bond donors (Lipinski definition) is 1. The number of imidazole rings is 1. The van der Waals surface area contributed by atoms with Crippen LogP contribution in [-0.2, 0) is 14.3 Å². The van der Waals surface area contributed by atoms with Crippen molar-refractivity contribution in [1.29, 1.82) is 0 Å². The molecule has 0 spiro atoms. The van der Waals surface area contributed by atoms with Crippen LogP contribution in [-0.4, -0.2) is 36.3 Å². The maximum absolute atomic E-state index is 12.0. The fraction of sp³-hybridized carbons (Fsp3) is 0.385. The van der Waals surface area contributed by atoms with Crippen LogP contribution < -0.4 is 5.69 Å². The molecule has 102 valence electrons. The van der Waals surface area contributed by atoms with Crippen LogP contribution in [0.4, 0.5) is 0 Å². The Morgan fingerprint density at radius 2 is 2.11 bits per heavy atom. The number of para-hydroxylation sites is 2. The first kappa shape index (κ1) is 13.4. The van der Waals surface area contributed by atoms with Crippen molar-refractivity contribution < 1.29 is 14.3 Å². The molecule has 0 amide bonds. The highest BCUT2D eigenvalue weighted by atomic mass is 16.5. The average Bonchev–Trinajstić information content (AvgIpc) is 2.74. The zero-order valence-electron chi connectivity index (χ0n) is 10.9. The van der Waals surface area contributed by atoms with E-state index < -0.39 is 0 Å². The van der Waals surface area contributed by atoms with E-state index in [2.05, 4.69) is 9.72 Å². The number of benzene rings is 1. The number of ether oxygens (including phenoxy) is 2. The molecular weight excluding hydrogens is 248 g/mol. The van der Waals surface area contributed by atoms with Crippen molar-refractivity contribution >= 4 is 17.0 Å². The molecule has 0 aliphatic carbocycles. The summed E-state index contributed by atoms with van der Waals surface area (Å²) in [6.45, 7) is 0.261. The number of aromatic amines is 1. The number of aromatic nitrogens is 2. The van der Waals surface area contributed by atoms with Crippen LogP contribution in [0.25, 0.3) is 11.0 Å². The number of nitrogens with zero attached hydrogens (tertiary/aromatic N) is 1. The SMILES string of the molecule is COCC(CC(=O)OC)n1c(=O)[nH]c2ccccc21. The summed E-state index contributed by atoms with van der Waals surface area (Å²) in [6, 6.07) is 6.94. The summed E-state index contributed by atoms with van der Waals surface area (Å²) in [5.41, 5.74) is 1.23. The summed E-state index contributed by atoms with van der Waals surface area (Å²) >= 11 is 0. The number of carbonyl (C=O) groups excluding carboxylic acids is 1. The van der Waals surface area contributed by atoms with Gasteiger partial charge in [0.2, 0.25) is 0 Å². The summed E-state index contributed by atoms with van der Waals surface area (Å²) in [4.78, 5) is 26.2. The molecule has 0 radical (unpaired) electrons. The van der Waals surface area contributed by atoms with Gasteiger partial charge in [0.05, 0.1) is 37.2 Å². The van der Waals surface area contributed by atoms with E-state index in [4.69, 9.17) is 4.74 Å². The molecule has 1 atom stereocenters. The Bertz CT molecular complexity index is 629. The molecule has 6 heteroatoms. The topological polar surface area (TPSA) is 73.3 Å². The first-order chi connectivity index (χ1) is 9.17. The summed E-state index contributed by atoms with van der Waals surface area (Å²) < 4.78 is 11.3. The Morgan fingerprint density at radius 3 is 2.79 bits per heavy atom. The normalized spacial score (nSPS) is 12.5. The minimum absolute atomic E-state index is 0.0894. The van der Waals surface area contributed by atoms with Crippen molar-refractivity contribution in [2.75, 3.05) is 20.8 Å². The predicted octanol–water partition coefficient (Wildman–Crippen LogP) is 1.08. The molecule has 0 saturated heterocycles. The van der Waals surface area contributed by atoms with Gasteiger partial charge in [-0.15, -0.1) is 0 Å². The minimum atomic E-state index is -0.388. The molecule has 1 unspecified atom stereocenters. The quantitative estimate of drug-likeness (QED) is 0.820. The van der Waals surface area contributed by atoms with Gasteiger partial charge in [-0.1, -0.05) is 12.1 Å². The molecule has 0 aliphatic rings. The largest absolute Gasteiger partial charge is 0.469 e. The maximum Gasteiger partial charge on any atom is 0.326 e. The zero-order valence-corrected chi connectivity index (χ0v) is 10.9. The van der Waals surface area contributed by atoms with Gasteiger partial charge in [0, 0.05) is 7.11 Å². The summed E-state index contributed by atoms with van der Waals surface area (Å²) in [6.07, 6.45) is 0.0894.